The topological polar surface area (TPSA) is 62.7 Å². The standard InChI is InChI=1S/C17H29N3O/c1-4-6-8-10-12-17(3,13-11-9-7-5-2)16-20-19-15(14-18)21-16/h4-13H2,1-3H3. The minimum absolute atomic E-state index is 0.0798. The van der Waals surface area contributed by atoms with Crippen molar-refractivity contribution in [3.63, 3.8) is 0 Å². The predicted octanol–water partition coefficient (Wildman–Crippen LogP) is 5.14. The van der Waals surface area contributed by atoms with Crippen molar-refractivity contribution < 1.29 is 4.42 Å². The Morgan fingerprint density at radius 1 is 0.952 bits per heavy atom. The second-order valence-corrected chi connectivity index (χ2v) is 6.21. The molecular formula is C17H29N3O. The van der Waals surface area contributed by atoms with E-state index >= 15 is 0 Å². The smallest absolute Gasteiger partial charge is 0.321 e. The Labute approximate surface area is 129 Å². The molecule has 1 rings (SSSR count). The highest BCUT2D eigenvalue weighted by Gasteiger charge is 2.31. The number of hydrogen-bond acceptors (Lipinski definition) is 4. The van der Waals surface area contributed by atoms with E-state index in [0.29, 0.717) is 5.89 Å². The van der Waals surface area contributed by atoms with Gasteiger partial charge in [0.25, 0.3) is 0 Å². The summed E-state index contributed by atoms with van der Waals surface area (Å²) in [6.45, 7) is 6.65. The fraction of sp³-hybridized carbons (Fsp3) is 0.824. The fourth-order valence-corrected chi connectivity index (χ4v) is 2.74. The summed E-state index contributed by atoms with van der Waals surface area (Å²) < 4.78 is 5.53. The Morgan fingerprint density at radius 3 is 1.95 bits per heavy atom. The van der Waals surface area contributed by atoms with Gasteiger partial charge in [0.1, 0.15) is 0 Å². The molecule has 0 bridgehead atoms. The van der Waals surface area contributed by atoms with Gasteiger partial charge in [-0.1, -0.05) is 77.2 Å². The monoisotopic (exact) mass is 291 g/mol. The number of rotatable bonds is 11. The highest BCUT2D eigenvalue weighted by atomic mass is 16.4. The van der Waals surface area contributed by atoms with Crippen LogP contribution in [-0.2, 0) is 5.41 Å². The van der Waals surface area contributed by atoms with E-state index in [-0.39, 0.29) is 11.3 Å². The van der Waals surface area contributed by atoms with Gasteiger partial charge in [-0.3, -0.25) is 0 Å². The lowest BCUT2D eigenvalue weighted by Crippen LogP contribution is -2.22. The van der Waals surface area contributed by atoms with Gasteiger partial charge in [0.15, 0.2) is 6.07 Å². The van der Waals surface area contributed by atoms with E-state index in [9.17, 15) is 0 Å². The fourth-order valence-electron chi connectivity index (χ4n) is 2.74. The third-order valence-electron chi connectivity index (χ3n) is 4.20. The maximum Gasteiger partial charge on any atom is 0.321 e. The van der Waals surface area contributed by atoms with Gasteiger partial charge in [-0.05, 0) is 12.8 Å². The van der Waals surface area contributed by atoms with Crippen molar-refractivity contribution in [1.29, 1.82) is 5.26 Å². The minimum Gasteiger partial charge on any atom is -0.412 e. The zero-order valence-electron chi connectivity index (χ0n) is 13.8. The average molecular weight is 291 g/mol. The van der Waals surface area contributed by atoms with Crippen LogP contribution >= 0.6 is 0 Å². The van der Waals surface area contributed by atoms with Crippen LogP contribution in [0.1, 0.15) is 96.8 Å². The van der Waals surface area contributed by atoms with Crippen LogP contribution in [0.2, 0.25) is 0 Å². The molecule has 118 valence electrons. The molecule has 4 heteroatoms. The molecule has 1 aromatic heterocycles. The van der Waals surface area contributed by atoms with Crippen LogP contribution in [-0.4, -0.2) is 10.2 Å². The largest absolute Gasteiger partial charge is 0.412 e. The molecule has 0 unspecified atom stereocenters. The molecule has 0 fully saturated rings. The quantitative estimate of drug-likeness (QED) is 0.529. The first kappa shape index (κ1) is 17.7. The first-order chi connectivity index (χ1) is 10.2. The molecule has 0 radical (unpaired) electrons. The molecule has 1 aromatic rings. The lowest BCUT2D eigenvalue weighted by atomic mass is 9.79. The van der Waals surface area contributed by atoms with E-state index in [1.807, 2.05) is 6.07 Å². The summed E-state index contributed by atoms with van der Waals surface area (Å²) in [4.78, 5) is 0. The number of unbranched alkanes of at least 4 members (excludes halogenated alkanes) is 6. The Bertz CT molecular complexity index is 421. The van der Waals surface area contributed by atoms with E-state index in [4.69, 9.17) is 9.68 Å². The van der Waals surface area contributed by atoms with Crippen molar-refractivity contribution in [3.8, 4) is 6.07 Å². The minimum atomic E-state index is -0.0798. The van der Waals surface area contributed by atoms with Crippen LogP contribution in [0.25, 0.3) is 0 Å². The van der Waals surface area contributed by atoms with E-state index < -0.39 is 0 Å². The summed E-state index contributed by atoms with van der Waals surface area (Å²) >= 11 is 0. The summed E-state index contributed by atoms with van der Waals surface area (Å²) in [5, 5.41) is 16.8. The molecule has 0 spiro atoms. The van der Waals surface area contributed by atoms with Crippen molar-refractivity contribution in [1.82, 2.24) is 10.2 Å². The first-order valence-corrected chi connectivity index (χ1v) is 8.40. The van der Waals surface area contributed by atoms with Crippen LogP contribution < -0.4 is 0 Å². The van der Waals surface area contributed by atoms with Gasteiger partial charge < -0.3 is 4.42 Å². The Hall–Kier alpha value is -1.37. The lowest BCUT2D eigenvalue weighted by Gasteiger charge is -2.25. The molecule has 21 heavy (non-hydrogen) atoms. The highest BCUT2D eigenvalue weighted by molar-refractivity contribution is 5.08. The van der Waals surface area contributed by atoms with Crippen molar-refractivity contribution in [2.45, 2.75) is 90.4 Å². The van der Waals surface area contributed by atoms with Gasteiger partial charge in [0.2, 0.25) is 5.89 Å². The van der Waals surface area contributed by atoms with E-state index in [2.05, 4.69) is 31.0 Å². The summed E-state index contributed by atoms with van der Waals surface area (Å²) in [6, 6.07) is 1.93. The number of aromatic nitrogens is 2. The molecule has 0 amide bonds. The van der Waals surface area contributed by atoms with Gasteiger partial charge in [0, 0.05) is 5.41 Å². The zero-order chi connectivity index (χ0) is 15.6. The summed E-state index contributed by atoms with van der Waals surface area (Å²) in [6.07, 6.45) is 12.0. The Kier molecular flexibility index (Phi) is 8.04. The van der Waals surface area contributed by atoms with Gasteiger partial charge in [-0.2, -0.15) is 5.26 Å². The molecule has 0 aromatic carbocycles. The average Bonchev–Trinajstić information content (AvgIpc) is 2.98. The first-order valence-electron chi connectivity index (χ1n) is 8.40. The van der Waals surface area contributed by atoms with Gasteiger partial charge >= 0.3 is 5.89 Å². The SMILES string of the molecule is CCCCCCC(C)(CCCCCC)c1nnc(C#N)o1. The van der Waals surface area contributed by atoms with Gasteiger partial charge in [-0.15, -0.1) is 5.10 Å². The summed E-state index contributed by atoms with van der Waals surface area (Å²) in [7, 11) is 0. The molecule has 1 heterocycles. The lowest BCUT2D eigenvalue weighted by molar-refractivity contribution is 0.285. The van der Waals surface area contributed by atoms with Crippen LogP contribution in [0.5, 0.6) is 0 Å². The molecule has 0 saturated heterocycles. The second kappa shape index (κ2) is 9.55. The van der Waals surface area contributed by atoms with Gasteiger partial charge in [0.05, 0.1) is 0 Å². The second-order valence-electron chi connectivity index (χ2n) is 6.21. The molecule has 0 aliphatic carbocycles. The normalized spacial score (nSPS) is 11.5. The summed E-state index contributed by atoms with van der Waals surface area (Å²) in [5.74, 6) is 0.727. The zero-order valence-corrected chi connectivity index (χ0v) is 13.8. The van der Waals surface area contributed by atoms with Crippen molar-refractivity contribution in [2.75, 3.05) is 0 Å². The Balaban J connectivity index is 2.65. The van der Waals surface area contributed by atoms with Crippen LogP contribution in [0, 0.1) is 11.3 Å². The number of nitriles is 1. The van der Waals surface area contributed by atoms with Crippen molar-refractivity contribution in [2.24, 2.45) is 0 Å². The van der Waals surface area contributed by atoms with Crippen LogP contribution in [0.4, 0.5) is 0 Å². The van der Waals surface area contributed by atoms with Crippen LogP contribution in [0.3, 0.4) is 0 Å². The molecular weight excluding hydrogens is 262 g/mol. The van der Waals surface area contributed by atoms with Gasteiger partial charge in [-0.25, -0.2) is 0 Å². The van der Waals surface area contributed by atoms with Crippen molar-refractivity contribution >= 4 is 0 Å². The van der Waals surface area contributed by atoms with Crippen molar-refractivity contribution in [3.05, 3.63) is 11.8 Å². The number of nitrogens with zero attached hydrogens (tertiary/aromatic N) is 3. The molecule has 0 N–H and O–H groups in total. The highest BCUT2D eigenvalue weighted by Crippen LogP contribution is 2.34. The predicted molar refractivity (Wildman–Crippen MR) is 83.9 cm³/mol. The molecule has 0 aliphatic rings. The van der Waals surface area contributed by atoms with E-state index in [1.54, 1.807) is 0 Å². The molecule has 0 atom stereocenters. The van der Waals surface area contributed by atoms with Crippen LogP contribution in [0.15, 0.2) is 4.42 Å². The summed E-state index contributed by atoms with van der Waals surface area (Å²) in [5.41, 5.74) is -0.0798. The third kappa shape index (κ3) is 5.87. The molecule has 4 nitrogen and oxygen atoms in total. The maximum absolute atomic E-state index is 8.86. The third-order valence-corrected chi connectivity index (χ3v) is 4.20. The maximum atomic E-state index is 8.86. The Morgan fingerprint density at radius 2 is 1.52 bits per heavy atom. The molecule has 0 saturated carbocycles. The van der Waals surface area contributed by atoms with E-state index in [0.717, 1.165) is 12.8 Å². The molecule has 0 aliphatic heterocycles. The number of hydrogen-bond donors (Lipinski definition) is 0. The van der Waals surface area contributed by atoms with E-state index in [1.165, 1.54) is 51.4 Å².